The van der Waals surface area contributed by atoms with E-state index in [1.807, 2.05) is 60.7 Å². The van der Waals surface area contributed by atoms with Crippen molar-refractivity contribution in [1.29, 1.82) is 0 Å². The van der Waals surface area contributed by atoms with Crippen molar-refractivity contribution in [2.45, 2.75) is 18.9 Å². The Bertz CT molecular complexity index is 734. The van der Waals surface area contributed by atoms with E-state index in [2.05, 4.69) is 10.6 Å². The second-order valence-corrected chi connectivity index (χ2v) is 6.67. The largest absolute Gasteiger partial charge is 0.344 e. The number of rotatable bonds is 6. The Balaban J connectivity index is 0.00000261. The van der Waals surface area contributed by atoms with E-state index in [1.54, 1.807) is 11.9 Å². The predicted molar refractivity (Wildman–Crippen MR) is 110 cm³/mol. The molecular formula is C21H26ClN3O2. The van der Waals surface area contributed by atoms with E-state index < -0.39 is 6.04 Å². The average molecular weight is 388 g/mol. The summed E-state index contributed by atoms with van der Waals surface area (Å²) in [6.45, 7) is 1.52. The van der Waals surface area contributed by atoms with Gasteiger partial charge < -0.3 is 15.5 Å². The first kappa shape index (κ1) is 20.9. The molecule has 2 amide bonds. The Morgan fingerprint density at radius 2 is 1.74 bits per heavy atom. The molecule has 2 atom stereocenters. The summed E-state index contributed by atoms with van der Waals surface area (Å²) < 4.78 is 0. The average Bonchev–Trinajstić information content (AvgIpc) is 3.23. The maximum absolute atomic E-state index is 13.1. The number of amides is 2. The second-order valence-electron chi connectivity index (χ2n) is 6.67. The van der Waals surface area contributed by atoms with Crippen molar-refractivity contribution in [2.24, 2.45) is 5.92 Å². The van der Waals surface area contributed by atoms with Crippen molar-refractivity contribution in [1.82, 2.24) is 10.6 Å². The number of nitrogens with zero attached hydrogens (tertiary/aromatic N) is 1. The molecule has 6 heteroatoms. The molecular weight excluding hydrogens is 362 g/mol. The number of likely N-dealkylation sites (N-methyl/N-ethyl adjacent to an activating group) is 1. The maximum atomic E-state index is 13.1. The topological polar surface area (TPSA) is 61.4 Å². The fourth-order valence-electron chi connectivity index (χ4n) is 3.23. The van der Waals surface area contributed by atoms with Crippen LogP contribution in [-0.2, 0) is 16.0 Å². The monoisotopic (exact) mass is 387 g/mol. The fourth-order valence-corrected chi connectivity index (χ4v) is 3.23. The molecule has 1 aliphatic heterocycles. The van der Waals surface area contributed by atoms with Gasteiger partial charge in [0.05, 0.1) is 5.92 Å². The van der Waals surface area contributed by atoms with Crippen LogP contribution >= 0.6 is 12.4 Å². The normalized spacial score (nSPS) is 16.9. The second kappa shape index (κ2) is 10.1. The minimum absolute atomic E-state index is 0. The molecule has 2 N–H and O–H groups in total. The Morgan fingerprint density at radius 3 is 2.33 bits per heavy atom. The zero-order valence-corrected chi connectivity index (χ0v) is 16.2. The van der Waals surface area contributed by atoms with Crippen LogP contribution in [0.1, 0.15) is 12.0 Å². The van der Waals surface area contributed by atoms with Gasteiger partial charge >= 0.3 is 0 Å². The van der Waals surface area contributed by atoms with Gasteiger partial charge in [-0.05, 0) is 30.7 Å². The SMILES string of the molecule is CN(C(=O)[C@H](Cc1ccccc1)NC(=O)C1CCNC1)c1ccccc1.Cl. The van der Waals surface area contributed by atoms with Crippen LogP contribution in [0.25, 0.3) is 0 Å². The number of nitrogens with one attached hydrogen (secondary N) is 2. The molecule has 0 bridgehead atoms. The van der Waals surface area contributed by atoms with Crippen molar-refractivity contribution in [2.75, 3.05) is 25.0 Å². The highest BCUT2D eigenvalue weighted by atomic mass is 35.5. The number of benzene rings is 2. The quantitative estimate of drug-likeness (QED) is 0.800. The van der Waals surface area contributed by atoms with Gasteiger partial charge in [-0.2, -0.15) is 0 Å². The lowest BCUT2D eigenvalue weighted by Crippen LogP contribution is -2.50. The third-order valence-corrected chi connectivity index (χ3v) is 4.80. The summed E-state index contributed by atoms with van der Waals surface area (Å²) >= 11 is 0. The third-order valence-electron chi connectivity index (χ3n) is 4.80. The van der Waals surface area contributed by atoms with Crippen LogP contribution in [0.4, 0.5) is 5.69 Å². The Morgan fingerprint density at radius 1 is 1.11 bits per heavy atom. The van der Waals surface area contributed by atoms with Gasteiger partial charge in [0, 0.05) is 25.7 Å². The van der Waals surface area contributed by atoms with Crippen molar-refractivity contribution >= 4 is 29.9 Å². The summed E-state index contributed by atoms with van der Waals surface area (Å²) in [7, 11) is 1.75. The van der Waals surface area contributed by atoms with Crippen molar-refractivity contribution < 1.29 is 9.59 Å². The van der Waals surface area contributed by atoms with Crippen molar-refractivity contribution in [3.8, 4) is 0 Å². The molecule has 1 saturated heterocycles. The molecule has 1 unspecified atom stereocenters. The van der Waals surface area contributed by atoms with Gasteiger partial charge in [-0.25, -0.2) is 0 Å². The fraction of sp³-hybridized carbons (Fsp3) is 0.333. The lowest BCUT2D eigenvalue weighted by Gasteiger charge is -2.26. The molecule has 0 spiro atoms. The van der Waals surface area contributed by atoms with E-state index in [0.717, 1.165) is 24.2 Å². The predicted octanol–water partition coefficient (Wildman–Crippen LogP) is 2.41. The molecule has 2 aromatic rings. The first-order valence-electron chi connectivity index (χ1n) is 9.03. The lowest BCUT2D eigenvalue weighted by molar-refractivity contribution is -0.129. The van der Waals surface area contributed by atoms with Crippen LogP contribution in [-0.4, -0.2) is 38.0 Å². The molecule has 2 aromatic carbocycles. The van der Waals surface area contributed by atoms with E-state index in [4.69, 9.17) is 0 Å². The zero-order chi connectivity index (χ0) is 18.4. The lowest BCUT2D eigenvalue weighted by atomic mass is 10.0. The van der Waals surface area contributed by atoms with Crippen LogP contribution < -0.4 is 15.5 Å². The Kier molecular flexibility index (Phi) is 7.82. The molecule has 3 rings (SSSR count). The Hall–Kier alpha value is -2.37. The van der Waals surface area contributed by atoms with Crippen molar-refractivity contribution in [3.05, 3.63) is 66.2 Å². The molecule has 144 valence electrons. The van der Waals surface area contributed by atoms with E-state index in [-0.39, 0.29) is 30.1 Å². The molecule has 1 heterocycles. The first-order valence-corrected chi connectivity index (χ1v) is 9.03. The smallest absolute Gasteiger partial charge is 0.249 e. The van der Waals surface area contributed by atoms with Gasteiger partial charge in [-0.1, -0.05) is 48.5 Å². The van der Waals surface area contributed by atoms with Gasteiger partial charge in [0.1, 0.15) is 6.04 Å². The highest BCUT2D eigenvalue weighted by molar-refractivity contribution is 5.99. The number of para-hydroxylation sites is 1. The van der Waals surface area contributed by atoms with Crippen LogP contribution in [0.3, 0.4) is 0 Å². The molecule has 27 heavy (non-hydrogen) atoms. The van der Waals surface area contributed by atoms with Crippen LogP contribution in [0, 0.1) is 5.92 Å². The van der Waals surface area contributed by atoms with Gasteiger partial charge in [0.15, 0.2) is 0 Å². The molecule has 0 aliphatic carbocycles. The standard InChI is InChI=1S/C21H25N3O2.ClH/c1-24(18-10-6-3-7-11-18)21(26)19(14-16-8-4-2-5-9-16)23-20(25)17-12-13-22-15-17;/h2-11,17,19,22H,12-15H2,1H3,(H,23,25);1H/t17?,19-;/m0./s1. The van der Waals surface area contributed by atoms with E-state index in [1.165, 1.54) is 0 Å². The number of halogens is 1. The van der Waals surface area contributed by atoms with Crippen LogP contribution in [0.2, 0.25) is 0 Å². The highest BCUT2D eigenvalue weighted by Gasteiger charge is 2.29. The molecule has 5 nitrogen and oxygen atoms in total. The Labute approximate surface area is 166 Å². The van der Waals surface area contributed by atoms with Crippen LogP contribution in [0.5, 0.6) is 0 Å². The zero-order valence-electron chi connectivity index (χ0n) is 15.4. The number of anilines is 1. The van der Waals surface area contributed by atoms with Gasteiger partial charge in [-0.3, -0.25) is 9.59 Å². The van der Waals surface area contributed by atoms with E-state index in [0.29, 0.717) is 13.0 Å². The first-order chi connectivity index (χ1) is 12.6. The summed E-state index contributed by atoms with van der Waals surface area (Å²) in [5.74, 6) is -0.229. The minimum atomic E-state index is -0.587. The highest BCUT2D eigenvalue weighted by Crippen LogP contribution is 2.15. The molecule has 0 radical (unpaired) electrons. The third kappa shape index (κ3) is 5.55. The maximum Gasteiger partial charge on any atom is 0.249 e. The molecule has 1 aliphatic rings. The van der Waals surface area contributed by atoms with E-state index in [9.17, 15) is 9.59 Å². The minimum Gasteiger partial charge on any atom is -0.344 e. The van der Waals surface area contributed by atoms with Gasteiger partial charge in [-0.15, -0.1) is 12.4 Å². The van der Waals surface area contributed by atoms with Gasteiger partial charge in [0.2, 0.25) is 11.8 Å². The summed E-state index contributed by atoms with van der Waals surface area (Å²) in [6, 6.07) is 18.7. The summed E-state index contributed by atoms with van der Waals surface area (Å²) in [6.07, 6.45) is 1.29. The summed E-state index contributed by atoms with van der Waals surface area (Å²) in [5, 5.41) is 6.19. The summed E-state index contributed by atoms with van der Waals surface area (Å²) in [4.78, 5) is 27.3. The number of carbonyl (C=O) groups is 2. The molecule has 0 aromatic heterocycles. The van der Waals surface area contributed by atoms with E-state index >= 15 is 0 Å². The molecule has 1 fully saturated rings. The number of carbonyl (C=O) groups excluding carboxylic acids is 2. The van der Waals surface area contributed by atoms with Crippen molar-refractivity contribution in [3.63, 3.8) is 0 Å². The number of hydrogen-bond donors (Lipinski definition) is 2. The summed E-state index contributed by atoms with van der Waals surface area (Å²) in [5.41, 5.74) is 1.84. The van der Waals surface area contributed by atoms with Gasteiger partial charge in [0.25, 0.3) is 0 Å². The molecule has 0 saturated carbocycles. The number of hydrogen-bond acceptors (Lipinski definition) is 3. The van der Waals surface area contributed by atoms with Crippen LogP contribution in [0.15, 0.2) is 60.7 Å².